The van der Waals surface area contributed by atoms with Crippen LogP contribution in [-0.4, -0.2) is 17.6 Å². The molecule has 0 atom stereocenters. The number of para-hydroxylation sites is 1. The number of fused-ring (bicyclic) bond motifs is 1. The Hall–Kier alpha value is -1.45. The highest BCUT2D eigenvalue weighted by molar-refractivity contribution is 5.78. The molecule has 106 valence electrons. The minimum absolute atomic E-state index is 0.438. The second-order valence-electron chi connectivity index (χ2n) is 5.91. The average Bonchev–Trinajstić information content (AvgIpc) is 2.49. The normalized spacial score (nSPS) is 23.1. The Labute approximate surface area is 120 Å². The number of pyridine rings is 1. The Balaban J connectivity index is 1.52. The second kappa shape index (κ2) is 6.33. The van der Waals surface area contributed by atoms with Crippen LogP contribution < -0.4 is 11.1 Å². The molecular weight excluding hydrogens is 246 g/mol. The SMILES string of the molecule is N[C@H]1CC[C@H](CNCc2ccc3ccccc3n2)CC1. The van der Waals surface area contributed by atoms with Crippen molar-refractivity contribution >= 4 is 10.9 Å². The molecule has 0 spiro atoms. The molecule has 0 saturated heterocycles. The van der Waals surface area contributed by atoms with Crippen LogP contribution in [-0.2, 0) is 6.54 Å². The summed E-state index contributed by atoms with van der Waals surface area (Å²) >= 11 is 0. The predicted molar refractivity (Wildman–Crippen MR) is 83.4 cm³/mol. The van der Waals surface area contributed by atoms with Crippen molar-refractivity contribution < 1.29 is 0 Å². The van der Waals surface area contributed by atoms with Crippen LogP contribution in [0.1, 0.15) is 31.4 Å². The molecule has 3 heteroatoms. The van der Waals surface area contributed by atoms with Gasteiger partial charge in [0.2, 0.25) is 0 Å². The summed E-state index contributed by atoms with van der Waals surface area (Å²) in [5, 5.41) is 4.75. The molecule has 0 unspecified atom stereocenters. The minimum Gasteiger partial charge on any atom is -0.328 e. The first-order chi connectivity index (χ1) is 9.81. The zero-order chi connectivity index (χ0) is 13.8. The molecule has 1 aliphatic carbocycles. The van der Waals surface area contributed by atoms with Crippen LogP contribution in [0, 0.1) is 5.92 Å². The van der Waals surface area contributed by atoms with Gasteiger partial charge in [0.25, 0.3) is 0 Å². The lowest BCUT2D eigenvalue weighted by Gasteiger charge is -2.26. The topological polar surface area (TPSA) is 50.9 Å². The number of hydrogen-bond acceptors (Lipinski definition) is 3. The molecule has 0 aliphatic heterocycles. The summed E-state index contributed by atoms with van der Waals surface area (Å²) in [6, 6.07) is 13.0. The van der Waals surface area contributed by atoms with E-state index in [1.54, 1.807) is 0 Å². The number of aromatic nitrogens is 1. The second-order valence-corrected chi connectivity index (χ2v) is 5.91. The van der Waals surface area contributed by atoms with Crippen molar-refractivity contribution in [3.8, 4) is 0 Å². The molecule has 0 amide bonds. The van der Waals surface area contributed by atoms with Crippen molar-refractivity contribution in [2.75, 3.05) is 6.54 Å². The van der Waals surface area contributed by atoms with Gasteiger partial charge in [-0.2, -0.15) is 0 Å². The number of rotatable bonds is 4. The number of benzene rings is 1. The van der Waals surface area contributed by atoms with Crippen LogP contribution in [0.5, 0.6) is 0 Å². The summed E-state index contributed by atoms with van der Waals surface area (Å²) in [5.74, 6) is 0.787. The highest BCUT2D eigenvalue weighted by atomic mass is 14.9. The summed E-state index contributed by atoms with van der Waals surface area (Å²) < 4.78 is 0. The van der Waals surface area contributed by atoms with Gasteiger partial charge in [0.1, 0.15) is 0 Å². The Morgan fingerprint density at radius 2 is 1.85 bits per heavy atom. The van der Waals surface area contributed by atoms with Crippen LogP contribution in [0.3, 0.4) is 0 Å². The van der Waals surface area contributed by atoms with E-state index in [2.05, 4.69) is 40.6 Å². The lowest BCUT2D eigenvalue weighted by molar-refractivity contribution is 0.314. The summed E-state index contributed by atoms with van der Waals surface area (Å²) in [7, 11) is 0. The number of nitrogens with two attached hydrogens (primary N) is 1. The highest BCUT2D eigenvalue weighted by Gasteiger charge is 2.17. The number of nitrogens with one attached hydrogen (secondary N) is 1. The highest BCUT2D eigenvalue weighted by Crippen LogP contribution is 2.22. The van der Waals surface area contributed by atoms with Gasteiger partial charge in [-0.25, -0.2) is 0 Å². The van der Waals surface area contributed by atoms with Crippen LogP contribution in [0.25, 0.3) is 10.9 Å². The predicted octanol–water partition coefficient (Wildman–Crippen LogP) is 2.84. The third kappa shape index (κ3) is 3.35. The van der Waals surface area contributed by atoms with E-state index in [9.17, 15) is 0 Å². The van der Waals surface area contributed by atoms with Gasteiger partial charge in [0, 0.05) is 18.0 Å². The molecule has 1 aromatic heterocycles. The van der Waals surface area contributed by atoms with E-state index in [1.165, 1.54) is 31.1 Å². The zero-order valence-electron chi connectivity index (χ0n) is 11.9. The van der Waals surface area contributed by atoms with Gasteiger partial charge in [-0.1, -0.05) is 24.3 Å². The molecule has 3 nitrogen and oxygen atoms in total. The summed E-state index contributed by atoms with van der Waals surface area (Å²) in [6.45, 7) is 1.94. The number of nitrogens with zero attached hydrogens (tertiary/aromatic N) is 1. The lowest BCUT2D eigenvalue weighted by Crippen LogP contribution is -2.31. The van der Waals surface area contributed by atoms with Crippen LogP contribution in [0.2, 0.25) is 0 Å². The third-order valence-corrected chi connectivity index (χ3v) is 4.29. The first-order valence-corrected chi connectivity index (χ1v) is 7.62. The molecule has 1 fully saturated rings. The maximum absolute atomic E-state index is 5.94. The molecule has 20 heavy (non-hydrogen) atoms. The maximum atomic E-state index is 5.94. The molecule has 3 N–H and O–H groups in total. The molecule has 0 radical (unpaired) electrons. The van der Waals surface area contributed by atoms with Crippen molar-refractivity contribution in [3.63, 3.8) is 0 Å². The van der Waals surface area contributed by atoms with Crippen molar-refractivity contribution in [3.05, 3.63) is 42.1 Å². The standard InChI is InChI=1S/C17H23N3/c18-15-8-5-13(6-9-15)11-19-12-16-10-7-14-3-1-2-4-17(14)20-16/h1-4,7,10,13,15,19H,5-6,8-9,11-12,18H2/t13-,15-. The lowest BCUT2D eigenvalue weighted by atomic mass is 9.86. The van der Waals surface area contributed by atoms with Gasteiger partial charge in [-0.15, -0.1) is 0 Å². The van der Waals surface area contributed by atoms with Gasteiger partial charge in [-0.3, -0.25) is 4.98 Å². The van der Waals surface area contributed by atoms with E-state index in [0.29, 0.717) is 6.04 Å². The monoisotopic (exact) mass is 269 g/mol. The fraction of sp³-hybridized carbons (Fsp3) is 0.471. The van der Waals surface area contributed by atoms with Crippen molar-refractivity contribution in [1.82, 2.24) is 10.3 Å². The molecule has 1 saturated carbocycles. The zero-order valence-corrected chi connectivity index (χ0v) is 11.9. The van der Waals surface area contributed by atoms with E-state index in [0.717, 1.165) is 30.2 Å². The third-order valence-electron chi connectivity index (χ3n) is 4.29. The van der Waals surface area contributed by atoms with Gasteiger partial charge in [-0.05, 0) is 50.3 Å². The van der Waals surface area contributed by atoms with E-state index in [-0.39, 0.29) is 0 Å². The fourth-order valence-electron chi connectivity index (χ4n) is 3.00. The Kier molecular flexibility index (Phi) is 4.28. The van der Waals surface area contributed by atoms with Gasteiger partial charge < -0.3 is 11.1 Å². The Morgan fingerprint density at radius 1 is 1.05 bits per heavy atom. The van der Waals surface area contributed by atoms with Gasteiger partial charge in [0.05, 0.1) is 11.2 Å². The van der Waals surface area contributed by atoms with E-state index in [4.69, 9.17) is 5.73 Å². The number of hydrogen-bond donors (Lipinski definition) is 2. The van der Waals surface area contributed by atoms with Crippen molar-refractivity contribution in [1.29, 1.82) is 0 Å². The molecule has 2 aromatic rings. The maximum Gasteiger partial charge on any atom is 0.0705 e. The molecule has 1 aliphatic rings. The largest absolute Gasteiger partial charge is 0.328 e. The molecule has 1 aromatic carbocycles. The van der Waals surface area contributed by atoms with Gasteiger partial charge >= 0.3 is 0 Å². The van der Waals surface area contributed by atoms with Crippen molar-refractivity contribution in [2.24, 2.45) is 11.7 Å². The average molecular weight is 269 g/mol. The van der Waals surface area contributed by atoms with Crippen LogP contribution in [0.4, 0.5) is 0 Å². The first-order valence-electron chi connectivity index (χ1n) is 7.62. The van der Waals surface area contributed by atoms with Crippen LogP contribution >= 0.6 is 0 Å². The van der Waals surface area contributed by atoms with E-state index in [1.807, 2.05) is 6.07 Å². The van der Waals surface area contributed by atoms with Crippen molar-refractivity contribution in [2.45, 2.75) is 38.3 Å². The molecule has 3 rings (SSSR count). The van der Waals surface area contributed by atoms with Gasteiger partial charge in [0.15, 0.2) is 0 Å². The summed E-state index contributed by atoms with van der Waals surface area (Å²) in [5.41, 5.74) is 8.14. The quantitative estimate of drug-likeness (QED) is 0.897. The molecule has 1 heterocycles. The fourth-order valence-corrected chi connectivity index (χ4v) is 3.00. The van der Waals surface area contributed by atoms with Crippen LogP contribution in [0.15, 0.2) is 36.4 Å². The summed E-state index contributed by atoms with van der Waals surface area (Å²) in [6.07, 6.45) is 4.89. The Bertz CT molecular complexity index is 559. The smallest absolute Gasteiger partial charge is 0.0705 e. The first kappa shape index (κ1) is 13.5. The minimum atomic E-state index is 0.438. The summed E-state index contributed by atoms with van der Waals surface area (Å²) in [4.78, 5) is 4.69. The Morgan fingerprint density at radius 3 is 2.70 bits per heavy atom. The molecular formula is C17H23N3. The van der Waals surface area contributed by atoms with E-state index >= 15 is 0 Å². The van der Waals surface area contributed by atoms with E-state index < -0.39 is 0 Å². The molecule has 0 bridgehead atoms.